The highest BCUT2D eigenvalue weighted by Gasteiger charge is 2.14. The molecule has 1 rings (SSSR count). The monoisotopic (exact) mass is 266 g/mol. The van der Waals surface area contributed by atoms with E-state index in [0.29, 0.717) is 6.61 Å². The largest absolute Gasteiger partial charge is 0.405 e. The number of likely N-dealkylation sites (N-methyl/N-ethyl adjacent to an activating group) is 1. The number of piperazine rings is 1. The number of ether oxygens (including phenoxy) is 1. The van der Waals surface area contributed by atoms with Crippen molar-refractivity contribution in [1.82, 2.24) is 15.1 Å². The Hall–Kier alpha value is -1.46. The van der Waals surface area contributed by atoms with E-state index in [9.17, 15) is 0 Å². The topological polar surface area (TPSA) is 53.8 Å². The molecule has 0 atom stereocenters. The lowest BCUT2D eigenvalue weighted by molar-refractivity contribution is 0.190. The van der Waals surface area contributed by atoms with Crippen LogP contribution in [0.5, 0.6) is 0 Å². The molecule has 1 heterocycles. The summed E-state index contributed by atoms with van der Waals surface area (Å²) in [4.78, 5) is 4.65. The smallest absolute Gasteiger partial charge is 0.0635 e. The van der Waals surface area contributed by atoms with Crippen molar-refractivity contribution in [2.24, 2.45) is 5.73 Å². The van der Waals surface area contributed by atoms with Gasteiger partial charge in [0.2, 0.25) is 0 Å². The lowest BCUT2D eigenvalue weighted by Gasteiger charge is -2.34. The average molecular weight is 266 g/mol. The maximum absolute atomic E-state index is 5.53. The third-order valence-corrected chi connectivity index (χ3v) is 3.12. The number of rotatable bonds is 7. The summed E-state index contributed by atoms with van der Waals surface area (Å²) in [7, 11) is 3.83. The Labute approximate surface area is 116 Å². The van der Waals surface area contributed by atoms with Crippen LogP contribution in [0.3, 0.4) is 0 Å². The number of nitrogens with two attached hydrogens (primary N) is 1. The zero-order chi connectivity index (χ0) is 14.1. The molecule has 0 aromatic rings. The molecule has 0 spiro atoms. The summed E-state index contributed by atoms with van der Waals surface area (Å²) in [6.07, 6.45) is 5.53. The van der Waals surface area contributed by atoms with Crippen LogP contribution in [0, 0.1) is 0 Å². The summed E-state index contributed by atoms with van der Waals surface area (Å²) < 4.78 is 5.00. The van der Waals surface area contributed by atoms with Gasteiger partial charge in [-0.2, -0.15) is 0 Å². The Bertz CT molecular complexity index is 330. The molecule has 19 heavy (non-hydrogen) atoms. The molecule has 1 fully saturated rings. The van der Waals surface area contributed by atoms with E-state index in [1.54, 1.807) is 13.3 Å². The lowest BCUT2D eigenvalue weighted by Crippen LogP contribution is -2.43. The first-order valence-corrected chi connectivity index (χ1v) is 6.62. The Morgan fingerprint density at radius 1 is 1.37 bits per heavy atom. The normalized spacial score (nSPS) is 18.0. The van der Waals surface area contributed by atoms with E-state index in [0.717, 1.165) is 44.1 Å². The molecule has 1 aliphatic heterocycles. The van der Waals surface area contributed by atoms with Gasteiger partial charge in [-0.25, -0.2) is 0 Å². The van der Waals surface area contributed by atoms with Crippen LogP contribution in [0.15, 0.2) is 36.3 Å². The number of methoxy groups -OCH3 is 1. The van der Waals surface area contributed by atoms with Crippen molar-refractivity contribution in [3.05, 3.63) is 36.3 Å². The van der Waals surface area contributed by atoms with Gasteiger partial charge in [-0.1, -0.05) is 6.58 Å². The fraction of sp³-hybridized carbons (Fsp3) is 0.571. The minimum Gasteiger partial charge on any atom is -0.405 e. The second-order valence-electron chi connectivity index (χ2n) is 4.66. The van der Waals surface area contributed by atoms with Crippen LogP contribution in [-0.4, -0.2) is 63.3 Å². The number of allylic oxidation sites excluding steroid dienone is 2. The predicted molar refractivity (Wildman–Crippen MR) is 79.5 cm³/mol. The standard InChI is InChI=1S/C14H26N4O/c1-13(16-6-11-19-3)12-14(4-5-15)18-9-7-17(2)8-10-18/h4-5,12,16H,1,6-11,15H2,2-3H3/b5-4-,14-12+. The molecule has 0 unspecified atom stereocenters. The number of nitrogens with one attached hydrogen (secondary N) is 1. The minimum absolute atomic E-state index is 0.670. The van der Waals surface area contributed by atoms with Gasteiger partial charge in [0.25, 0.3) is 0 Å². The van der Waals surface area contributed by atoms with Crippen LogP contribution in [0.25, 0.3) is 0 Å². The number of nitrogens with zero attached hydrogens (tertiary/aromatic N) is 2. The Kier molecular flexibility index (Phi) is 7.07. The highest BCUT2D eigenvalue weighted by atomic mass is 16.5. The van der Waals surface area contributed by atoms with E-state index < -0.39 is 0 Å². The highest BCUT2D eigenvalue weighted by Crippen LogP contribution is 2.11. The van der Waals surface area contributed by atoms with Crippen molar-refractivity contribution in [2.45, 2.75) is 0 Å². The molecule has 0 saturated carbocycles. The SMILES string of the molecule is C=C(/C=C(\C=C/N)N1CCN(C)CC1)NCCOC. The maximum Gasteiger partial charge on any atom is 0.0635 e. The van der Waals surface area contributed by atoms with Gasteiger partial charge in [-0.05, 0) is 25.4 Å². The van der Waals surface area contributed by atoms with Gasteiger partial charge in [-0.15, -0.1) is 0 Å². The molecule has 1 aliphatic rings. The van der Waals surface area contributed by atoms with E-state index in [2.05, 4.69) is 28.7 Å². The average Bonchev–Trinajstić information content (AvgIpc) is 2.39. The molecular formula is C14H26N4O. The summed E-state index contributed by atoms with van der Waals surface area (Å²) in [5.41, 5.74) is 7.51. The third-order valence-electron chi connectivity index (χ3n) is 3.12. The van der Waals surface area contributed by atoms with E-state index in [4.69, 9.17) is 10.5 Å². The fourth-order valence-corrected chi connectivity index (χ4v) is 1.95. The van der Waals surface area contributed by atoms with Crippen molar-refractivity contribution < 1.29 is 4.74 Å². The van der Waals surface area contributed by atoms with E-state index in [-0.39, 0.29) is 0 Å². The highest BCUT2D eigenvalue weighted by molar-refractivity contribution is 5.27. The first-order chi connectivity index (χ1) is 9.17. The molecule has 0 aromatic heterocycles. The van der Waals surface area contributed by atoms with Crippen molar-refractivity contribution in [3.63, 3.8) is 0 Å². The molecule has 3 N–H and O–H groups in total. The van der Waals surface area contributed by atoms with Crippen LogP contribution in [0.4, 0.5) is 0 Å². The maximum atomic E-state index is 5.53. The van der Waals surface area contributed by atoms with Gasteiger partial charge < -0.3 is 25.6 Å². The number of hydrogen-bond donors (Lipinski definition) is 2. The molecule has 0 amide bonds. The van der Waals surface area contributed by atoms with Gasteiger partial charge in [0.15, 0.2) is 0 Å². The van der Waals surface area contributed by atoms with Gasteiger partial charge >= 0.3 is 0 Å². The summed E-state index contributed by atoms with van der Waals surface area (Å²) in [5, 5.41) is 3.21. The van der Waals surface area contributed by atoms with E-state index in [1.165, 1.54) is 0 Å². The van der Waals surface area contributed by atoms with Crippen LogP contribution in [-0.2, 0) is 4.74 Å². The van der Waals surface area contributed by atoms with Crippen molar-refractivity contribution in [2.75, 3.05) is 53.5 Å². The van der Waals surface area contributed by atoms with Crippen molar-refractivity contribution in [3.8, 4) is 0 Å². The first-order valence-electron chi connectivity index (χ1n) is 6.62. The molecule has 1 saturated heterocycles. The first kappa shape index (κ1) is 15.6. The Balaban J connectivity index is 2.57. The molecule has 108 valence electrons. The predicted octanol–water partition coefficient (Wildman–Crippen LogP) is 0.340. The zero-order valence-electron chi connectivity index (χ0n) is 12.1. The summed E-state index contributed by atoms with van der Waals surface area (Å²) in [6.45, 7) is 9.59. The fourth-order valence-electron chi connectivity index (χ4n) is 1.95. The van der Waals surface area contributed by atoms with Crippen LogP contribution >= 0.6 is 0 Å². The third kappa shape index (κ3) is 5.81. The van der Waals surface area contributed by atoms with Crippen LogP contribution < -0.4 is 11.1 Å². The van der Waals surface area contributed by atoms with Gasteiger partial charge in [-0.3, -0.25) is 0 Å². The quantitative estimate of drug-likeness (QED) is 0.514. The van der Waals surface area contributed by atoms with Crippen LogP contribution in [0.2, 0.25) is 0 Å². The number of hydrogen-bond acceptors (Lipinski definition) is 5. The zero-order valence-corrected chi connectivity index (χ0v) is 12.1. The van der Waals surface area contributed by atoms with Crippen molar-refractivity contribution >= 4 is 0 Å². The Morgan fingerprint density at radius 2 is 2.05 bits per heavy atom. The molecule has 0 aromatic carbocycles. The summed E-state index contributed by atoms with van der Waals surface area (Å²) in [5.74, 6) is 0. The van der Waals surface area contributed by atoms with E-state index >= 15 is 0 Å². The molecule has 5 nitrogen and oxygen atoms in total. The second kappa shape index (κ2) is 8.61. The second-order valence-corrected chi connectivity index (χ2v) is 4.66. The lowest BCUT2D eigenvalue weighted by atomic mass is 10.2. The summed E-state index contributed by atoms with van der Waals surface area (Å²) >= 11 is 0. The molecule has 0 bridgehead atoms. The minimum atomic E-state index is 0.670. The van der Waals surface area contributed by atoms with Gasteiger partial charge in [0, 0.05) is 51.2 Å². The molecule has 0 radical (unpaired) electrons. The summed E-state index contributed by atoms with van der Waals surface area (Å²) in [6, 6.07) is 0. The van der Waals surface area contributed by atoms with Crippen LogP contribution in [0.1, 0.15) is 0 Å². The van der Waals surface area contributed by atoms with E-state index in [1.807, 2.05) is 12.2 Å². The van der Waals surface area contributed by atoms with Gasteiger partial charge in [0.05, 0.1) is 6.61 Å². The van der Waals surface area contributed by atoms with Gasteiger partial charge in [0.1, 0.15) is 0 Å². The Morgan fingerprint density at radius 3 is 2.63 bits per heavy atom. The molecule has 5 heteroatoms. The van der Waals surface area contributed by atoms with Crippen molar-refractivity contribution in [1.29, 1.82) is 0 Å². The molecular weight excluding hydrogens is 240 g/mol. The molecule has 0 aliphatic carbocycles.